The number of aromatic hydroxyl groups is 1. The number of ketones is 1. The number of aryl methyl sites for hydroxylation is 1. The van der Waals surface area contributed by atoms with Gasteiger partial charge < -0.3 is 5.11 Å². The highest BCUT2D eigenvalue weighted by Crippen LogP contribution is 2.36. The average Bonchev–Trinajstić information content (AvgIpc) is 2.55. The highest BCUT2D eigenvalue weighted by molar-refractivity contribution is 8.00. The molecule has 0 atom stereocenters. The summed E-state index contributed by atoms with van der Waals surface area (Å²) < 4.78 is 36.8. The van der Waals surface area contributed by atoms with Gasteiger partial charge in [0.25, 0.3) is 0 Å². The Morgan fingerprint density at radius 2 is 1.84 bits per heavy atom. The zero-order valence-corrected chi connectivity index (χ0v) is 14.5. The number of phenols is 1. The Kier molecular flexibility index (Phi) is 6.56. The minimum atomic E-state index is -4.33. The molecular formula is C18H14ClF3O2S. The molecule has 0 radical (unpaired) electrons. The van der Waals surface area contributed by atoms with Crippen LogP contribution in [0.1, 0.15) is 21.5 Å². The molecule has 0 aliphatic heterocycles. The van der Waals surface area contributed by atoms with E-state index >= 15 is 0 Å². The van der Waals surface area contributed by atoms with Crippen LogP contribution in [-0.4, -0.2) is 22.3 Å². The monoisotopic (exact) mass is 386 g/mol. The molecule has 0 amide bonds. The van der Waals surface area contributed by atoms with Crippen LogP contribution in [0.2, 0.25) is 0 Å². The van der Waals surface area contributed by atoms with Crippen molar-refractivity contribution in [2.75, 3.05) is 5.88 Å². The van der Waals surface area contributed by atoms with Gasteiger partial charge in [-0.2, -0.15) is 13.2 Å². The van der Waals surface area contributed by atoms with Gasteiger partial charge in [-0.3, -0.25) is 4.79 Å². The van der Waals surface area contributed by atoms with Crippen molar-refractivity contribution in [3.63, 3.8) is 0 Å². The van der Waals surface area contributed by atoms with Gasteiger partial charge in [0, 0.05) is 16.3 Å². The number of hydrogen-bond acceptors (Lipinski definition) is 3. The fourth-order valence-corrected chi connectivity index (χ4v) is 2.83. The van der Waals surface area contributed by atoms with Crippen LogP contribution in [0, 0.1) is 0 Å². The number of benzene rings is 2. The maximum Gasteiger partial charge on any atom is 0.446 e. The van der Waals surface area contributed by atoms with E-state index in [1.807, 2.05) is 0 Å². The summed E-state index contributed by atoms with van der Waals surface area (Å²) in [5.41, 5.74) is -2.73. The number of allylic oxidation sites excluding steroid dienone is 1. The number of phenolic OH excluding ortho intramolecular Hbond substituents is 1. The number of halogens is 4. The molecule has 0 unspecified atom stereocenters. The Labute approximate surface area is 152 Å². The molecule has 2 nitrogen and oxygen atoms in total. The molecule has 0 spiro atoms. The fraction of sp³-hybridized carbons (Fsp3) is 0.167. The Morgan fingerprint density at radius 3 is 2.44 bits per heavy atom. The van der Waals surface area contributed by atoms with Crippen LogP contribution in [0.25, 0.3) is 6.08 Å². The molecule has 0 aliphatic carbocycles. The summed E-state index contributed by atoms with van der Waals surface area (Å²) >= 11 is 5.46. The molecule has 2 aromatic rings. The van der Waals surface area contributed by atoms with Crippen molar-refractivity contribution >= 4 is 35.2 Å². The molecule has 0 fully saturated rings. The molecule has 0 bridgehead atoms. The van der Waals surface area contributed by atoms with Crippen LogP contribution >= 0.6 is 23.4 Å². The normalized spacial score (nSPS) is 11.8. The molecule has 0 heterocycles. The fourth-order valence-electron chi connectivity index (χ4n) is 2.09. The Bertz CT molecular complexity index is 771. The summed E-state index contributed by atoms with van der Waals surface area (Å²) in [6.45, 7) is 0. The standard InChI is InChI=1S/C18H14ClF3O2S/c19-10-9-14-11-13(4-8-17(14)24)16(23)7-3-12-1-5-15(6-2-12)25-18(20,21)22/h1-8,11,24H,9-10H2/b7-3+. The minimum absolute atomic E-state index is 0.0823. The van der Waals surface area contributed by atoms with Crippen LogP contribution in [0.15, 0.2) is 53.4 Å². The van der Waals surface area contributed by atoms with Crippen LogP contribution in [0.3, 0.4) is 0 Å². The largest absolute Gasteiger partial charge is 0.508 e. The van der Waals surface area contributed by atoms with Gasteiger partial charge >= 0.3 is 5.51 Å². The minimum Gasteiger partial charge on any atom is -0.508 e. The van der Waals surface area contributed by atoms with Gasteiger partial charge in [-0.25, -0.2) is 0 Å². The van der Waals surface area contributed by atoms with Crippen molar-refractivity contribution in [1.29, 1.82) is 0 Å². The third kappa shape index (κ3) is 6.14. The molecule has 1 N–H and O–H groups in total. The second kappa shape index (κ2) is 8.45. The van der Waals surface area contributed by atoms with Crippen LogP contribution < -0.4 is 0 Å². The molecule has 2 aromatic carbocycles. The van der Waals surface area contributed by atoms with E-state index in [1.165, 1.54) is 48.6 Å². The predicted molar refractivity (Wildman–Crippen MR) is 94.2 cm³/mol. The van der Waals surface area contributed by atoms with E-state index in [-0.39, 0.29) is 28.2 Å². The number of thioether (sulfide) groups is 1. The van der Waals surface area contributed by atoms with Crippen molar-refractivity contribution in [2.24, 2.45) is 0 Å². The SMILES string of the molecule is O=C(/C=C/c1ccc(SC(F)(F)F)cc1)c1ccc(O)c(CCCl)c1. The highest BCUT2D eigenvalue weighted by Gasteiger charge is 2.28. The van der Waals surface area contributed by atoms with Gasteiger partial charge in [-0.15, -0.1) is 11.6 Å². The number of carbonyl (C=O) groups excluding carboxylic acids is 1. The van der Waals surface area contributed by atoms with Gasteiger partial charge in [0.1, 0.15) is 5.75 Å². The van der Waals surface area contributed by atoms with Crippen LogP contribution in [0.5, 0.6) is 5.75 Å². The summed E-state index contributed by atoms with van der Waals surface area (Å²) in [5.74, 6) is 0.132. The number of hydrogen-bond donors (Lipinski definition) is 1. The molecule has 132 valence electrons. The van der Waals surface area contributed by atoms with Gasteiger partial charge in [-0.05, 0) is 65.7 Å². The topological polar surface area (TPSA) is 37.3 Å². The van der Waals surface area contributed by atoms with Crippen molar-refractivity contribution < 1.29 is 23.1 Å². The van der Waals surface area contributed by atoms with E-state index in [1.54, 1.807) is 6.07 Å². The summed E-state index contributed by atoms with van der Waals surface area (Å²) in [4.78, 5) is 12.3. The van der Waals surface area contributed by atoms with Crippen LogP contribution in [0.4, 0.5) is 13.2 Å². The first-order valence-electron chi connectivity index (χ1n) is 7.24. The van der Waals surface area contributed by atoms with E-state index in [0.29, 0.717) is 29.0 Å². The summed E-state index contributed by atoms with van der Waals surface area (Å²) in [7, 11) is 0. The molecule has 0 saturated heterocycles. The quantitative estimate of drug-likeness (QED) is 0.300. The maximum absolute atomic E-state index is 12.3. The van der Waals surface area contributed by atoms with Crippen molar-refractivity contribution in [3.05, 3.63) is 65.2 Å². The Balaban J connectivity index is 2.08. The van der Waals surface area contributed by atoms with Gasteiger partial charge in [0.05, 0.1) is 0 Å². The van der Waals surface area contributed by atoms with Gasteiger partial charge in [0.2, 0.25) is 0 Å². The maximum atomic E-state index is 12.3. The van der Waals surface area contributed by atoms with Crippen LogP contribution in [-0.2, 0) is 6.42 Å². The first-order valence-corrected chi connectivity index (χ1v) is 8.59. The second-order valence-corrected chi connectivity index (χ2v) is 6.61. The number of rotatable bonds is 6. The first-order chi connectivity index (χ1) is 11.8. The summed E-state index contributed by atoms with van der Waals surface area (Å²) in [5, 5.41) is 9.69. The Hall–Kier alpha value is -1.92. The van der Waals surface area contributed by atoms with E-state index in [2.05, 4.69) is 0 Å². The molecule has 7 heteroatoms. The summed E-state index contributed by atoms with van der Waals surface area (Å²) in [6, 6.07) is 10.2. The lowest BCUT2D eigenvalue weighted by Crippen LogP contribution is -1.98. The highest BCUT2D eigenvalue weighted by atomic mass is 35.5. The third-order valence-electron chi connectivity index (χ3n) is 3.27. The molecule has 0 saturated carbocycles. The van der Waals surface area contributed by atoms with E-state index in [4.69, 9.17) is 11.6 Å². The van der Waals surface area contributed by atoms with Crippen molar-refractivity contribution in [3.8, 4) is 5.75 Å². The lowest BCUT2D eigenvalue weighted by atomic mass is 10.0. The second-order valence-electron chi connectivity index (χ2n) is 5.10. The van der Waals surface area contributed by atoms with Gasteiger partial charge in [0.15, 0.2) is 5.78 Å². The third-order valence-corrected chi connectivity index (χ3v) is 4.20. The Morgan fingerprint density at radius 1 is 1.16 bits per heavy atom. The number of carbonyl (C=O) groups is 1. The predicted octanol–water partition coefficient (Wildman–Crippen LogP) is 5.68. The zero-order valence-electron chi connectivity index (χ0n) is 12.9. The van der Waals surface area contributed by atoms with E-state index < -0.39 is 5.51 Å². The lowest BCUT2D eigenvalue weighted by molar-refractivity contribution is -0.0328. The molecular weight excluding hydrogens is 373 g/mol. The lowest BCUT2D eigenvalue weighted by Gasteiger charge is -2.05. The van der Waals surface area contributed by atoms with E-state index in [0.717, 1.165) is 0 Å². The molecule has 2 rings (SSSR count). The number of alkyl halides is 4. The first kappa shape index (κ1) is 19.4. The van der Waals surface area contributed by atoms with E-state index in [9.17, 15) is 23.1 Å². The smallest absolute Gasteiger partial charge is 0.446 e. The van der Waals surface area contributed by atoms with Gasteiger partial charge in [-0.1, -0.05) is 18.2 Å². The summed E-state index contributed by atoms with van der Waals surface area (Å²) in [6.07, 6.45) is 3.30. The van der Waals surface area contributed by atoms with Crippen molar-refractivity contribution in [2.45, 2.75) is 16.8 Å². The molecule has 25 heavy (non-hydrogen) atoms. The molecule has 0 aromatic heterocycles. The molecule has 0 aliphatic rings. The zero-order chi connectivity index (χ0) is 18.4. The van der Waals surface area contributed by atoms with Crippen molar-refractivity contribution in [1.82, 2.24) is 0 Å². The average molecular weight is 387 g/mol.